The van der Waals surface area contributed by atoms with Gasteiger partial charge in [-0.1, -0.05) is 36.0 Å². The molecule has 142 valence electrons. The Morgan fingerprint density at radius 3 is 2.82 bits per heavy atom. The third kappa shape index (κ3) is 3.21. The molecule has 1 fully saturated rings. The van der Waals surface area contributed by atoms with Gasteiger partial charge in [-0.3, -0.25) is 9.20 Å². The molecule has 5 rings (SSSR count). The maximum atomic E-state index is 12.3. The molecule has 1 saturated heterocycles. The van der Waals surface area contributed by atoms with E-state index in [2.05, 4.69) is 9.72 Å². The van der Waals surface area contributed by atoms with Crippen molar-refractivity contribution in [2.45, 2.75) is 24.1 Å². The van der Waals surface area contributed by atoms with E-state index < -0.39 is 0 Å². The summed E-state index contributed by atoms with van der Waals surface area (Å²) in [6, 6.07) is 16.0. The quantitative estimate of drug-likeness (QED) is 0.416. The van der Waals surface area contributed by atoms with Gasteiger partial charge in [-0.15, -0.1) is 0 Å². The molecule has 0 unspecified atom stereocenters. The van der Waals surface area contributed by atoms with Gasteiger partial charge in [0.25, 0.3) is 0 Å². The summed E-state index contributed by atoms with van der Waals surface area (Å²) in [6.07, 6.45) is 2.24. The Morgan fingerprint density at radius 2 is 1.96 bits per heavy atom. The molecule has 7 heteroatoms. The summed E-state index contributed by atoms with van der Waals surface area (Å²) in [5.74, 6) is 0.299. The predicted octanol–water partition coefficient (Wildman–Crippen LogP) is 3.42. The Kier molecular flexibility index (Phi) is 4.62. The number of ether oxygens (including phenoxy) is 1. The van der Waals surface area contributed by atoms with Crippen molar-refractivity contribution in [3.63, 3.8) is 0 Å². The van der Waals surface area contributed by atoms with Crippen molar-refractivity contribution in [2.75, 3.05) is 18.9 Å². The van der Waals surface area contributed by atoms with Crippen LogP contribution in [-0.2, 0) is 9.53 Å². The number of rotatable bonds is 5. The van der Waals surface area contributed by atoms with Gasteiger partial charge in [-0.2, -0.15) is 0 Å². The van der Waals surface area contributed by atoms with Crippen LogP contribution in [0.1, 0.15) is 12.8 Å². The maximum absolute atomic E-state index is 12.3. The summed E-state index contributed by atoms with van der Waals surface area (Å²) in [7, 11) is 0. The Balaban J connectivity index is 1.46. The molecular weight excluding hydrogens is 372 g/mol. The first-order valence-electron chi connectivity index (χ1n) is 9.46. The van der Waals surface area contributed by atoms with Gasteiger partial charge in [-0.05, 0) is 37.1 Å². The molecule has 1 amide bonds. The highest BCUT2D eigenvalue weighted by atomic mass is 32.2. The average molecular weight is 392 g/mol. The van der Waals surface area contributed by atoms with E-state index in [-0.39, 0.29) is 12.0 Å². The highest BCUT2D eigenvalue weighted by Crippen LogP contribution is 2.28. The van der Waals surface area contributed by atoms with Gasteiger partial charge in [0, 0.05) is 18.5 Å². The van der Waals surface area contributed by atoms with Crippen LogP contribution in [0.2, 0.25) is 0 Å². The zero-order valence-corrected chi connectivity index (χ0v) is 16.1. The number of carbonyl (C=O) groups excluding carboxylic acids is 1. The second-order valence-corrected chi connectivity index (χ2v) is 7.84. The topological polar surface area (TPSA) is 68.5 Å². The van der Waals surface area contributed by atoms with Gasteiger partial charge in [0.1, 0.15) is 5.65 Å². The van der Waals surface area contributed by atoms with E-state index in [1.807, 2.05) is 48.5 Å². The molecule has 0 aliphatic carbocycles. The highest BCUT2D eigenvalue weighted by Gasteiger charge is 2.18. The zero-order chi connectivity index (χ0) is 18.9. The Hall–Kier alpha value is -2.64. The number of hydrogen-bond donors (Lipinski definition) is 1. The summed E-state index contributed by atoms with van der Waals surface area (Å²) < 4.78 is 7.61. The van der Waals surface area contributed by atoms with E-state index in [1.54, 1.807) is 0 Å². The minimum absolute atomic E-state index is 0.00645. The largest absolute Gasteiger partial charge is 0.376 e. The van der Waals surface area contributed by atoms with E-state index in [0.717, 1.165) is 52.2 Å². The van der Waals surface area contributed by atoms with Gasteiger partial charge in [0.15, 0.2) is 5.16 Å². The minimum Gasteiger partial charge on any atom is -0.376 e. The number of nitrogens with zero attached hydrogens (tertiary/aromatic N) is 3. The fourth-order valence-corrected chi connectivity index (χ4v) is 4.46. The first-order chi connectivity index (χ1) is 13.8. The van der Waals surface area contributed by atoms with Crippen LogP contribution in [0.5, 0.6) is 0 Å². The molecule has 1 atom stereocenters. The molecular formula is C21H20N4O2S. The molecule has 0 bridgehead atoms. The van der Waals surface area contributed by atoms with Crippen molar-refractivity contribution >= 4 is 45.3 Å². The number of hydrogen-bond acceptors (Lipinski definition) is 5. The molecule has 0 radical (unpaired) electrons. The molecule has 2 aromatic heterocycles. The lowest BCUT2D eigenvalue weighted by molar-refractivity contribution is -0.119. The number of fused-ring (bicyclic) bond motifs is 5. The van der Waals surface area contributed by atoms with E-state index in [0.29, 0.717) is 12.3 Å². The van der Waals surface area contributed by atoms with Crippen LogP contribution >= 0.6 is 11.8 Å². The van der Waals surface area contributed by atoms with E-state index in [4.69, 9.17) is 14.7 Å². The van der Waals surface area contributed by atoms with Crippen molar-refractivity contribution in [3.05, 3.63) is 48.5 Å². The molecule has 1 N–H and O–H groups in total. The van der Waals surface area contributed by atoms with Gasteiger partial charge in [0.05, 0.1) is 28.4 Å². The van der Waals surface area contributed by atoms with Gasteiger partial charge in [-0.25, -0.2) is 9.97 Å². The third-order valence-corrected chi connectivity index (χ3v) is 5.93. The minimum atomic E-state index is -0.00645. The molecule has 4 aromatic rings. The number of carbonyl (C=O) groups is 1. The molecule has 3 heterocycles. The summed E-state index contributed by atoms with van der Waals surface area (Å²) in [6.45, 7) is 1.37. The summed E-state index contributed by atoms with van der Waals surface area (Å²) in [5.41, 5.74) is 3.67. The number of benzene rings is 2. The van der Waals surface area contributed by atoms with Crippen LogP contribution < -0.4 is 5.32 Å². The standard InChI is InChI=1S/C21H20N4O2S/c26-19(22-12-14-6-5-11-27-14)13-28-21-24-16-8-2-1-7-15(16)20-23-17-9-3-4-10-18(17)25(20)21/h1-4,7-10,14H,5-6,11-13H2,(H,22,26)/t14-/m0/s1. The van der Waals surface area contributed by atoms with Crippen LogP contribution in [0.25, 0.3) is 27.6 Å². The van der Waals surface area contributed by atoms with Crippen LogP contribution in [-0.4, -0.2) is 45.3 Å². The second kappa shape index (κ2) is 7.41. The van der Waals surface area contributed by atoms with Gasteiger partial charge < -0.3 is 10.1 Å². The monoisotopic (exact) mass is 392 g/mol. The summed E-state index contributed by atoms with van der Waals surface area (Å²) in [5, 5.41) is 4.75. The number of para-hydroxylation sites is 3. The van der Waals surface area contributed by atoms with Crippen molar-refractivity contribution in [1.29, 1.82) is 0 Å². The van der Waals surface area contributed by atoms with E-state index >= 15 is 0 Å². The van der Waals surface area contributed by atoms with Gasteiger partial charge in [0.2, 0.25) is 5.91 Å². The maximum Gasteiger partial charge on any atom is 0.230 e. The molecule has 28 heavy (non-hydrogen) atoms. The second-order valence-electron chi connectivity index (χ2n) is 6.90. The van der Waals surface area contributed by atoms with Crippen LogP contribution in [0.15, 0.2) is 53.7 Å². The normalized spacial score (nSPS) is 16.9. The van der Waals surface area contributed by atoms with E-state index in [9.17, 15) is 4.79 Å². The Bertz CT molecular complexity index is 1170. The molecule has 1 aliphatic rings. The zero-order valence-electron chi connectivity index (χ0n) is 15.3. The lowest BCUT2D eigenvalue weighted by atomic mass is 10.2. The summed E-state index contributed by atoms with van der Waals surface area (Å²) in [4.78, 5) is 22.0. The van der Waals surface area contributed by atoms with Crippen LogP contribution in [0.4, 0.5) is 0 Å². The molecule has 1 aliphatic heterocycles. The molecule has 0 spiro atoms. The third-order valence-electron chi connectivity index (χ3n) is 5.00. The summed E-state index contributed by atoms with van der Waals surface area (Å²) >= 11 is 1.43. The lowest BCUT2D eigenvalue weighted by Crippen LogP contribution is -2.32. The van der Waals surface area contributed by atoms with Crippen LogP contribution in [0, 0.1) is 0 Å². The lowest BCUT2D eigenvalue weighted by Gasteiger charge is -2.11. The number of aromatic nitrogens is 3. The predicted molar refractivity (Wildman–Crippen MR) is 111 cm³/mol. The number of thioether (sulfide) groups is 1. The first-order valence-corrected chi connectivity index (χ1v) is 10.5. The highest BCUT2D eigenvalue weighted by molar-refractivity contribution is 7.99. The van der Waals surface area contributed by atoms with Crippen molar-refractivity contribution in [2.24, 2.45) is 0 Å². The fourth-order valence-electron chi connectivity index (χ4n) is 3.62. The smallest absolute Gasteiger partial charge is 0.230 e. The molecule has 6 nitrogen and oxygen atoms in total. The van der Waals surface area contributed by atoms with Crippen molar-refractivity contribution in [1.82, 2.24) is 19.7 Å². The van der Waals surface area contributed by atoms with Crippen LogP contribution in [0.3, 0.4) is 0 Å². The SMILES string of the molecule is O=C(CSc1nc2ccccc2c2nc3ccccc3n12)NC[C@@H]1CCCO1. The number of amides is 1. The Morgan fingerprint density at radius 1 is 1.14 bits per heavy atom. The van der Waals surface area contributed by atoms with Crippen molar-refractivity contribution < 1.29 is 9.53 Å². The molecule has 2 aromatic carbocycles. The number of nitrogens with one attached hydrogen (secondary N) is 1. The van der Waals surface area contributed by atoms with Crippen molar-refractivity contribution in [3.8, 4) is 0 Å². The molecule has 0 saturated carbocycles. The van der Waals surface area contributed by atoms with E-state index in [1.165, 1.54) is 11.8 Å². The number of imidazole rings is 1. The fraction of sp³-hybridized carbons (Fsp3) is 0.286. The Labute approximate surface area is 166 Å². The van der Waals surface area contributed by atoms with Gasteiger partial charge >= 0.3 is 0 Å². The first kappa shape index (κ1) is 17.5. The average Bonchev–Trinajstić information content (AvgIpc) is 3.38.